The van der Waals surface area contributed by atoms with E-state index in [9.17, 15) is 0 Å². The largest absolute Gasteiger partial charge is 0.309 e. The van der Waals surface area contributed by atoms with Crippen molar-refractivity contribution in [3.05, 3.63) is 151 Å². The zero-order valence-corrected chi connectivity index (χ0v) is 22.3. The predicted octanol–water partition coefficient (Wildman–Crippen LogP) is 10.7. The van der Waals surface area contributed by atoms with Crippen molar-refractivity contribution >= 4 is 43.2 Å². The molecule has 0 spiro atoms. The van der Waals surface area contributed by atoms with E-state index in [1.54, 1.807) is 0 Å². The maximum absolute atomic E-state index is 2.41. The van der Waals surface area contributed by atoms with Gasteiger partial charge in [0.2, 0.25) is 0 Å². The maximum atomic E-state index is 2.41. The molecule has 0 saturated heterocycles. The van der Waals surface area contributed by atoms with Gasteiger partial charge in [-0.3, -0.25) is 0 Å². The third kappa shape index (κ3) is 3.41. The molecule has 0 unspecified atom stereocenters. The standard InChI is InChI=1S/C39H27N/c1-26-31-13-9-10-18-38(31)40(39(26)28-11-3-2-4-12-28)30-22-19-27(20-23-30)29-21-24-36-34-16-6-5-14-32(34)33-15-7-8-17-35(33)37(36)25-29/h2-25H,1H3. The molecule has 1 heterocycles. The van der Waals surface area contributed by atoms with Crippen LogP contribution in [0.25, 0.3) is 71.3 Å². The number of hydrogen-bond donors (Lipinski definition) is 0. The van der Waals surface area contributed by atoms with E-state index in [-0.39, 0.29) is 0 Å². The molecular formula is C39H27N. The fourth-order valence-electron chi connectivity index (χ4n) is 6.50. The van der Waals surface area contributed by atoms with E-state index < -0.39 is 0 Å². The van der Waals surface area contributed by atoms with Gasteiger partial charge in [-0.05, 0) is 85.8 Å². The van der Waals surface area contributed by atoms with Crippen LogP contribution in [-0.2, 0) is 0 Å². The number of hydrogen-bond acceptors (Lipinski definition) is 0. The number of benzene rings is 7. The van der Waals surface area contributed by atoms with Gasteiger partial charge in [-0.25, -0.2) is 0 Å². The van der Waals surface area contributed by atoms with Crippen molar-refractivity contribution in [3.63, 3.8) is 0 Å². The Morgan fingerprint density at radius 1 is 0.375 bits per heavy atom. The normalized spacial score (nSPS) is 11.6. The average Bonchev–Trinajstić information content (AvgIpc) is 3.33. The van der Waals surface area contributed by atoms with Crippen molar-refractivity contribution in [2.45, 2.75) is 6.92 Å². The minimum absolute atomic E-state index is 1.17. The lowest BCUT2D eigenvalue weighted by atomic mass is 9.92. The lowest BCUT2D eigenvalue weighted by Gasteiger charge is -2.14. The zero-order chi connectivity index (χ0) is 26.6. The number of para-hydroxylation sites is 1. The molecule has 0 fully saturated rings. The van der Waals surface area contributed by atoms with Crippen molar-refractivity contribution < 1.29 is 0 Å². The lowest BCUT2D eigenvalue weighted by Crippen LogP contribution is -1.97. The summed E-state index contributed by atoms with van der Waals surface area (Å²) in [7, 11) is 0. The summed E-state index contributed by atoms with van der Waals surface area (Å²) in [6, 6.07) is 52.9. The summed E-state index contributed by atoms with van der Waals surface area (Å²) in [5.41, 5.74) is 8.64. The molecule has 8 rings (SSSR count). The molecule has 0 aliphatic rings. The van der Waals surface area contributed by atoms with E-state index in [0.29, 0.717) is 0 Å². The van der Waals surface area contributed by atoms with E-state index in [1.165, 1.54) is 76.9 Å². The number of fused-ring (bicyclic) bond motifs is 7. The van der Waals surface area contributed by atoms with Gasteiger partial charge < -0.3 is 4.57 Å². The van der Waals surface area contributed by atoms with Gasteiger partial charge in [0.25, 0.3) is 0 Å². The molecule has 1 aromatic heterocycles. The molecule has 1 heteroatoms. The third-order valence-electron chi connectivity index (χ3n) is 8.38. The lowest BCUT2D eigenvalue weighted by molar-refractivity contribution is 1.13. The van der Waals surface area contributed by atoms with Crippen LogP contribution in [0.1, 0.15) is 5.56 Å². The summed E-state index contributed by atoms with van der Waals surface area (Å²) >= 11 is 0. The number of nitrogens with zero attached hydrogens (tertiary/aromatic N) is 1. The zero-order valence-electron chi connectivity index (χ0n) is 22.3. The SMILES string of the molecule is Cc1c(-c2ccccc2)n(-c2ccc(-c3ccc4c5ccccc5c5ccccc5c4c3)cc2)c2ccccc12. The van der Waals surface area contributed by atoms with Crippen LogP contribution in [0.3, 0.4) is 0 Å². The Hall–Kier alpha value is -5.14. The van der Waals surface area contributed by atoms with E-state index in [0.717, 1.165) is 0 Å². The Bertz CT molecular complexity index is 2160. The minimum Gasteiger partial charge on any atom is -0.309 e. The summed E-state index contributed by atoms with van der Waals surface area (Å²) in [5, 5.41) is 9.12. The fourth-order valence-corrected chi connectivity index (χ4v) is 6.50. The quantitative estimate of drug-likeness (QED) is 0.209. The van der Waals surface area contributed by atoms with Crippen molar-refractivity contribution in [2.24, 2.45) is 0 Å². The van der Waals surface area contributed by atoms with Crippen molar-refractivity contribution in [1.82, 2.24) is 4.57 Å². The van der Waals surface area contributed by atoms with Gasteiger partial charge in [-0.15, -0.1) is 0 Å². The summed E-state index contributed by atoms with van der Waals surface area (Å²) in [6.45, 7) is 2.23. The number of rotatable bonds is 3. The molecule has 40 heavy (non-hydrogen) atoms. The molecule has 0 N–H and O–H groups in total. The Morgan fingerprint density at radius 3 is 1.52 bits per heavy atom. The van der Waals surface area contributed by atoms with Gasteiger partial charge in [0, 0.05) is 11.1 Å². The van der Waals surface area contributed by atoms with Gasteiger partial charge in [-0.2, -0.15) is 0 Å². The highest BCUT2D eigenvalue weighted by Crippen LogP contribution is 2.39. The van der Waals surface area contributed by atoms with E-state index in [4.69, 9.17) is 0 Å². The highest BCUT2D eigenvalue weighted by molar-refractivity contribution is 6.25. The Morgan fingerprint density at radius 2 is 0.875 bits per heavy atom. The molecule has 188 valence electrons. The molecule has 0 aliphatic heterocycles. The molecule has 0 amide bonds. The van der Waals surface area contributed by atoms with Crippen LogP contribution in [0.4, 0.5) is 0 Å². The monoisotopic (exact) mass is 509 g/mol. The molecule has 0 aliphatic carbocycles. The molecular weight excluding hydrogens is 482 g/mol. The number of aryl methyl sites for hydroxylation is 1. The topological polar surface area (TPSA) is 4.93 Å². The summed E-state index contributed by atoms with van der Waals surface area (Å²) < 4.78 is 2.41. The van der Waals surface area contributed by atoms with Gasteiger partial charge in [0.15, 0.2) is 0 Å². The molecule has 7 aromatic carbocycles. The Kier molecular flexibility index (Phi) is 5.11. The van der Waals surface area contributed by atoms with Crippen LogP contribution in [0, 0.1) is 6.92 Å². The second kappa shape index (κ2) is 8.97. The van der Waals surface area contributed by atoms with Gasteiger partial charge in [0.05, 0.1) is 11.2 Å². The van der Waals surface area contributed by atoms with Crippen LogP contribution in [-0.4, -0.2) is 4.57 Å². The first-order valence-electron chi connectivity index (χ1n) is 13.9. The fraction of sp³-hybridized carbons (Fsp3) is 0.0256. The van der Waals surface area contributed by atoms with Crippen molar-refractivity contribution in [1.29, 1.82) is 0 Å². The first-order valence-corrected chi connectivity index (χ1v) is 13.9. The Balaban J connectivity index is 1.30. The first-order chi connectivity index (χ1) is 19.8. The summed E-state index contributed by atoms with van der Waals surface area (Å²) in [4.78, 5) is 0. The van der Waals surface area contributed by atoms with Crippen LogP contribution >= 0.6 is 0 Å². The van der Waals surface area contributed by atoms with Crippen LogP contribution < -0.4 is 0 Å². The highest BCUT2D eigenvalue weighted by Gasteiger charge is 2.17. The third-order valence-corrected chi connectivity index (χ3v) is 8.38. The van der Waals surface area contributed by atoms with Crippen molar-refractivity contribution in [3.8, 4) is 28.1 Å². The van der Waals surface area contributed by atoms with Crippen LogP contribution in [0.15, 0.2) is 146 Å². The summed E-state index contributed by atoms with van der Waals surface area (Å²) in [6.07, 6.45) is 0. The highest BCUT2D eigenvalue weighted by atomic mass is 15.0. The van der Waals surface area contributed by atoms with E-state index in [1.807, 2.05) is 0 Å². The molecule has 8 aromatic rings. The molecule has 0 saturated carbocycles. The predicted molar refractivity (Wildman–Crippen MR) is 171 cm³/mol. The van der Waals surface area contributed by atoms with E-state index >= 15 is 0 Å². The van der Waals surface area contributed by atoms with Crippen LogP contribution in [0.2, 0.25) is 0 Å². The Labute approximate surface area is 233 Å². The molecule has 1 nitrogen and oxygen atoms in total. The van der Waals surface area contributed by atoms with E-state index in [2.05, 4.69) is 157 Å². The number of aromatic nitrogens is 1. The van der Waals surface area contributed by atoms with Gasteiger partial charge >= 0.3 is 0 Å². The minimum atomic E-state index is 1.17. The second-order valence-electron chi connectivity index (χ2n) is 10.6. The average molecular weight is 510 g/mol. The van der Waals surface area contributed by atoms with Crippen LogP contribution in [0.5, 0.6) is 0 Å². The van der Waals surface area contributed by atoms with Gasteiger partial charge in [0.1, 0.15) is 0 Å². The van der Waals surface area contributed by atoms with Gasteiger partial charge in [-0.1, -0.05) is 121 Å². The molecule has 0 bridgehead atoms. The summed E-state index contributed by atoms with van der Waals surface area (Å²) in [5.74, 6) is 0. The molecule has 0 atom stereocenters. The smallest absolute Gasteiger partial charge is 0.0570 e. The molecule has 0 radical (unpaired) electrons. The van der Waals surface area contributed by atoms with Crippen molar-refractivity contribution in [2.75, 3.05) is 0 Å². The second-order valence-corrected chi connectivity index (χ2v) is 10.6. The maximum Gasteiger partial charge on any atom is 0.0570 e. The first kappa shape index (κ1) is 22.8.